The minimum atomic E-state index is -0.898. The smallest absolute Gasteiger partial charge is 0.279 e. The second-order valence-electron chi connectivity index (χ2n) is 9.91. The van der Waals surface area contributed by atoms with Crippen LogP contribution < -0.4 is 21.2 Å². The van der Waals surface area contributed by atoms with Gasteiger partial charge >= 0.3 is 0 Å². The van der Waals surface area contributed by atoms with E-state index >= 15 is 0 Å². The molecule has 1 saturated heterocycles. The summed E-state index contributed by atoms with van der Waals surface area (Å²) in [5, 5.41) is 13.5. The summed E-state index contributed by atoms with van der Waals surface area (Å²) in [6, 6.07) is 17.6. The van der Waals surface area contributed by atoms with Gasteiger partial charge in [0, 0.05) is 32.8 Å². The first-order valence-electron chi connectivity index (χ1n) is 13.8. The topological polar surface area (TPSA) is 149 Å². The fourth-order valence-corrected chi connectivity index (χ4v) is 5.05. The van der Waals surface area contributed by atoms with E-state index in [2.05, 4.69) is 20.8 Å². The Hall–Kier alpha value is -5.52. The molecule has 3 heterocycles. The number of hydrogen-bond acceptors (Lipinski definition) is 6. The quantitative estimate of drug-likeness (QED) is 0.331. The second kappa shape index (κ2) is 12.6. The second-order valence-corrected chi connectivity index (χ2v) is 9.91. The standard InChI is InChI=1S/C31H31N7O5/c1-32-28(40)26-23(30(42)37(34-26)21-10-5-3-6-11-21)17-15-20(36-19-9-14-25(36)39)16-18-24-27(29(41)33-2)35-38(31(24)43)22-12-7-4-8-13-22/h3-8,10-13,15-17,24,34H,9,14,18-19H2,1-2H3,(H,32,40)(H,33,41)/b17-15+,20-16-/t24-/m1/s1. The van der Waals surface area contributed by atoms with Crippen LogP contribution in [0.5, 0.6) is 0 Å². The Labute approximate surface area is 247 Å². The lowest BCUT2D eigenvalue weighted by Crippen LogP contribution is -2.34. The maximum atomic E-state index is 13.5. The minimum absolute atomic E-state index is 0.0539. The Morgan fingerprint density at radius 2 is 1.60 bits per heavy atom. The van der Waals surface area contributed by atoms with Gasteiger partial charge in [0.15, 0.2) is 0 Å². The number of amides is 4. The van der Waals surface area contributed by atoms with Crippen molar-refractivity contribution in [1.29, 1.82) is 0 Å². The number of H-pyrrole nitrogens is 1. The molecule has 220 valence electrons. The molecule has 0 bridgehead atoms. The zero-order chi connectivity index (χ0) is 30.5. The van der Waals surface area contributed by atoms with E-state index in [1.165, 1.54) is 29.9 Å². The highest BCUT2D eigenvalue weighted by Crippen LogP contribution is 2.28. The van der Waals surface area contributed by atoms with Crippen molar-refractivity contribution < 1.29 is 19.2 Å². The van der Waals surface area contributed by atoms with Crippen molar-refractivity contribution in [2.75, 3.05) is 25.6 Å². The Kier molecular flexibility index (Phi) is 8.46. The molecule has 12 heteroatoms. The van der Waals surface area contributed by atoms with Gasteiger partial charge in [-0.15, -0.1) is 0 Å². The number of para-hydroxylation sites is 2. The number of carbonyl (C=O) groups is 4. The molecule has 1 fully saturated rings. The van der Waals surface area contributed by atoms with Crippen molar-refractivity contribution in [2.24, 2.45) is 11.0 Å². The number of aromatic amines is 1. The van der Waals surface area contributed by atoms with E-state index in [1.54, 1.807) is 65.6 Å². The van der Waals surface area contributed by atoms with Crippen LogP contribution in [0, 0.1) is 5.92 Å². The van der Waals surface area contributed by atoms with Crippen LogP contribution in [-0.2, 0) is 14.4 Å². The van der Waals surface area contributed by atoms with Crippen LogP contribution >= 0.6 is 0 Å². The van der Waals surface area contributed by atoms with E-state index in [0.717, 1.165) is 0 Å². The molecule has 1 atom stereocenters. The number of benzene rings is 2. The molecule has 0 radical (unpaired) electrons. The number of allylic oxidation sites excluding steroid dienone is 2. The van der Waals surface area contributed by atoms with Crippen LogP contribution in [0.4, 0.5) is 5.69 Å². The first kappa shape index (κ1) is 29.0. The van der Waals surface area contributed by atoms with Crippen LogP contribution in [0.15, 0.2) is 88.4 Å². The molecule has 43 heavy (non-hydrogen) atoms. The summed E-state index contributed by atoms with van der Waals surface area (Å²) in [5.74, 6) is -2.36. The molecule has 3 N–H and O–H groups in total. The van der Waals surface area contributed by atoms with Gasteiger partial charge in [0.2, 0.25) is 5.91 Å². The molecule has 0 unspecified atom stereocenters. The van der Waals surface area contributed by atoms with Gasteiger partial charge in [0.1, 0.15) is 11.4 Å². The van der Waals surface area contributed by atoms with Crippen LogP contribution in [0.2, 0.25) is 0 Å². The zero-order valence-electron chi connectivity index (χ0n) is 23.7. The van der Waals surface area contributed by atoms with Gasteiger partial charge in [0.05, 0.1) is 22.9 Å². The highest BCUT2D eigenvalue weighted by molar-refractivity contribution is 6.45. The number of carbonyl (C=O) groups excluding carboxylic acids is 4. The molecule has 2 aliphatic rings. The Bertz CT molecular complexity index is 1700. The Morgan fingerprint density at radius 3 is 2.21 bits per heavy atom. The summed E-state index contributed by atoms with van der Waals surface area (Å²) in [6.07, 6.45) is 5.84. The number of anilines is 1. The molecule has 0 spiro atoms. The Morgan fingerprint density at radius 1 is 0.953 bits per heavy atom. The van der Waals surface area contributed by atoms with E-state index in [0.29, 0.717) is 36.5 Å². The normalized spacial score (nSPS) is 17.1. The first-order chi connectivity index (χ1) is 20.8. The van der Waals surface area contributed by atoms with Gasteiger partial charge in [0.25, 0.3) is 23.3 Å². The zero-order valence-corrected chi connectivity index (χ0v) is 23.7. The molecule has 0 saturated carbocycles. The van der Waals surface area contributed by atoms with Crippen molar-refractivity contribution in [2.45, 2.75) is 19.3 Å². The fourth-order valence-electron chi connectivity index (χ4n) is 5.05. The lowest BCUT2D eigenvalue weighted by Gasteiger charge is -2.18. The van der Waals surface area contributed by atoms with Crippen molar-refractivity contribution in [1.82, 2.24) is 25.3 Å². The number of hydrogen-bond donors (Lipinski definition) is 3. The summed E-state index contributed by atoms with van der Waals surface area (Å²) in [4.78, 5) is 66.6. The van der Waals surface area contributed by atoms with Crippen LogP contribution in [0.3, 0.4) is 0 Å². The predicted molar refractivity (Wildman–Crippen MR) is 161 cm³/mol. The van der Waals surface area contributed by atoms with Crippen LogP contribution in [-0.4, -0.2) is 64.7 Å². The van der Waals surface area contributed by atoms with E-state index in [-0.39, 0.29) is 35.2 Å². The molecule has 3 aromatic rings. The summed E-state index contributed by atoms with van der Waals surface area (Å²) >= 11 is 0. The van der Waals surface area contributed by atoms with E-state index < -0.39 is 23.3 Å². The summed E-state index contributed by atoms with van der Waals surface area (Å²) in [5.41, 5.74) is 1.28. The van der Waals surface area contributed by atoms with Gasteiger partial charge < -0.3 is 15.5 Å². The van der Waals surface area contributed by atoms with Gasteiger partial charge in [-0.05, 0) is 49.3 Å². The number of nitrogens with zero attached hydrogens (tertiary/aromatic N) is 4. The number of rotatable bonds is 9. The van der Waals surface area contributed by atoms with Crippen LogP contribution in [0.1, 0.15) is 35.3 Å². The van der Waals surface area contributed by atoms with Crippen molar-refractivity contribution in [3.63, 3.8) is 0 Å². The van der Waals surface area contributed by atoms with E-state index in [4.69, 9.17) is 0 Å². The number of likely N-dealkylation sites (tertiary alicyclic amines) is 1. The lowest BCUT2D eigenvalue weighted by molar-refractivity contribution is -0.125. The molecule has 5 rings (SSSR count). The molecular formula is C31H31N7O5. The predicted octanol–water partition coefficient (Wildman–Crippen LogP) is 2.20. The average Bonchev–Trinajstić information content (AvgIpc) is 3.72. The van der Waals surface area contributed by atoms with Crippen molar-refractivity contribution in [3.05, 3.63) is 100 Å². The van der Waals surface area contributed by atoms with Crippen LogP contribution in [0.25, 0.3) is 11.8 Å². The van der Waals surface area contributed by atoms with E-state index in [1.807, 2.05) is 12.1 Å². The fraction of sp³-hybridized carbons (Fsp3) is 0.226. The third-order valence-corrected chi connectivity index (χ3v) is 7.27. The highest BCUT2D eigenvalue weighted by Gasteiger charge is 2.39. The molecule has 1 aromatic heterocycles. The van der Waals surface area contributed by atoms with Gasteiger partial charge in [-0.2, -0.15) is 10.1 Å². The van der Waals surface area contributed by atoms with Gasteiger partial charge in [-0.1, -0.05) is 42.5 Å². The summed E-state index contributed by atoms with van der Waals surface area (Å²) < 4.78 is 1.27. The summed E-state index contributed by atoms with van der Waals surface area (Å²) in [6.45, 7) is 0.448. The molecule has 12 nitrogen and oxygen atoms in total. The molecule has 4 amide bonds. The lowest BCUT2D eigenvalue weighted by atomic mass is 9.97. The Balaban J connectivity index is 1.52. The number of aromatic nitrogens is 2. The third kappa shape index (κ3) is 5.80. The van der Waals surface area contributed by atoms with Gasteiger partial charge in [-0.25, -0.2) is 4.68 Å². The molecule has 0 aliphatic carbocycles. The summed E-state index contributed by atoms with van der Waals surface area (Å²) in [7, 11) is 2.93. The minimum Gasteiger partial charge on any atom is -0.354 e. The number of nitrogens with one attached hydrogen (secondary N) is 3. The first-order valence-corrected chi connectivity index (χ1v) is 13.8. The monoisotopic (exact) mass is 581 g/mol. The highest BCUT2D eigenvalue weighted by atomic mass is 16.2. The van der Waals surface area contributed by atoms with Gasteiger partial charge in [-0.3, -0.25) is 29.1 Å². The van der Waals surface area contributed by atoms with Crippen molar-refractivity contribution in [3.8, 4) is 5.69 Å². The third-order valence-electron chi connectivity index (χ3n) is 7.27. The average molecular weight is 582 g/mol. The van der Waals surface area contributed by atoms with Crippen molar-refractivity contribution >= 4 is 41.1 Å². The molecule has 2 aliphatic heterocycles. The largest absolute Gasteiger partial charge is 0.354 e. The number of hydrazone groups is 1. The molecular weight excluding hydrogens is 550 g/mol. The molecule has 2 aromatic carbocycles. The SMILES string of the molecule is CNC(=O)C1=NN(c2ccccc2)C(=O)[C@@H]1C/C=C(/C=C/c1c(C(=O)NC)[nH]n(-c2ccccc2)c1=O)N1CCCC1=O. The van der Waals surface area contributed by atoms with E-state index in [9.17, 15) is 24.0 Å². The maximum Gasteiger partial charge on any atom is 0.279 e. The maximum absolute atomic E-state index is 13.5.